The molecule has 234 valence electrons. The maximum Gasteiger partial charge on any atom is 0.316 e. The summed E-state index contributed by atoms with van der Waals surface area (Å²) in [6, 6.07) is 15.3. The summed E-state index contributed by atoms with van der Waals surface area (Å²) in [5.41, 5.74) is 3.58. The molecule has 10 heteroatoms. The van der Waals surface area contributed by atoms with Crippen molar-refractivity contribution in [3.8, 4) is 11.5 Å². The zero-order valence-electron chi connectivity index (χ0n) is 26.0. The molecule has 5 rings (SSSR count). The van der Waals surface area contributed by atoms with Crippen molar-refractivity contribution in [3.05, 3.63) is 71.1 Å². The lowest BCUT2D eigenvalue weighted by Crippen LogP contribution is -2.48. The van der Waals surface area contributed by atoms with E-state index in [9.17, 15) is 14.4 Å². The van der Waals surface area contributed by atoms with Crippen molar-refractivity contribution in [2.24, 2.45) is 4.99 Å². The number of methoxy groups -OCH3 is 1. The minimum Gasteiger partial charge on any atom is -0.486 e. The predicted molar refractivity (Wildman–Crippen MR) is 167 cm³/mol. The van der Waals surface area contributed by atoms with Gasteiger partial charge >= 0.3 is 5.97 Å². The molecule has 2 amide bonds. The maximum atomic E-state index is 12.9. The van der Waals surface area contributed by atoms with Crippen molar-refractivity contribution in [3.63, 3.8) is 0 Å². The molecular formula is C34H42N4O6. The average molecular weight is 603 g/mol. The van der Waals surface area contributed by atoms with E-state index in [0.717, 1.165) is 67.1 Å². The number of esters is 1. The fourth-order valence-corrected chi connectivity index (χ4v) is 7.00. The molecule has 2 atom stereocenters. The smallest absolute Gasteiger partial charge is 0.316 e. The molecule has 1 saturated heterocycles. The van der Waals surface area contributed by atoms with Gasteiger partial charge in [0, 0.05) is 19.3 Å². The molecule has 3 aliphatic heterocycles. The highest BCUT2D eigenvalue weighted by Gasteiger charge is 2.44. The van der Waals surface area contributed by atoms with Crippen LogP contribution in [0.25, 0.3) is 0 Å². The highest BCUT2D eigenvalue weighted by Crippen LogP contribution is 2.42. The van der Waals surface area contributed by atoms with Gasteiger partial charge in [0.1, 0.15) is 13.2 Å². The third-order valence-corrected chi connectivity index (χ3v) is 9.21. The van der Waals surface area contributed by atoms with Gasteiger partial charge in [0.25, 0.3) is 0 Å². The summed E-state index contributed by atoms with van der Waals surface area (Å²) in [5, 5.41) is 0. The van der Waals surface area contributed by atoms with Crippen molar-refractivity contribution in [2.75, 3.05) is 53.6 Å². The van der Waals surface area contributed by atoms with Crippen LogP contribution >= 0.6 is 0 Å². The number of carbonyl (C=O) groups excluding carboxylic acids is 3. The first kappa shape index (κ1) is 31.3. The van der Waals surface area contributed by atoms with E-state index in [1.54, 1.807) is 16.8 Å². The topological polar surface area (TPSA) is 101 Å². The van der Waals surface area contributed by atoms with Crippen LogP contribution in [0.3, 0.4) is 0 Å². The Morgan fingerprint density at radius 2 is 1.75 bits per heavy atom. The molecule has 0 saturated carbocycles. The SMILES string of the molecule is COC(=O)C1(c2ccccc2)CCN(CCCN(C=O)C2=C(C)N=C(C)C(N(C)C=O)C2c2ccc3c(c2)OCCO3)CC1. The molecule has 0 aliphatic carbocycles. The number of aliphatic imine (C=N–C) groups is 1. The number of amides is 2. The Morgan fingerprint density at radius 1 is 1.05 bits per heavy atom. The van der Waals surface area contributed by atoms with Gasteiger partial charge in [0.15, 0.2) is 11.5 Å². The summed E-state index contributed by atoms with van der Waals surface area (Å²) >= 11 is 0. The van der Waals surface area contributed by atoms with Gasteiger partial charge < -0.3 is 28.9 Å². The Kier molecular flexibility index (Phi) is 9.68. The van der Waals surface area contributed by atoms with E-state index >= 15 is 0 Å². The summed E-state index contributed by atoms with van der Waals surface area (Å²) in [7, 11) is 3.20. The van der Waals surface area contributed by atoms with Crippen LogP contribution in [0, 0.1) is 0 Å². The lowest BCUT2D eigenvalue weighted by atomic mass is 9.72. The molecule has 0 aromatic heterocycles. The number of rotatable bonds is 11. The first-order valence-corrected chi connectivity index (χ1v) is 15.2. The van der Waals surface area contributed by atoms with E-state index in [4.69, 9.17) is 19.2 Å². The predicted octanol–water partition coefficient (Wildman–Crippen LogP) is 3.76. The summed E-state index contributed by atoms with van der Waals surface area (Å²) < 4.78 is 16.9. The Labute approximate surface area is 259 Å². The van der Waals surface area contributed by atoms with Crippen LogP contribution < -0.4 is 9.47 Å². The number of likely N-dealkylation sites (tertiary alicyclic amines) is 1. The van der Waals surface area contributed by atoms with Crippen LogP contribution in [0.15, 0.2) is 64.9 Å². The third-order valence-electron chi connectivity index (χ3n) is 9.21. The molecule has 1 fully saturated rings. The van der Waals surface area contributed by atoms with Gasteiger partial charge in [-0.25, -0.2) is 0 Å². The maximum absolute atomic E-state index is 12.9. The molecule has 0 N–H and O–H groups in total. The molecule has 2 unspecified atom stereocenters. The van der Waals surface area contributed by atoms with E-state index in [0.29, 0.717) is 44.1 Å². The van der Waals surface area contributed by atoms with Crippen LogP contribution in [-0.4, -0.2) is 98.8 Å². The zero-order chi connectivity index (χ0) is 31.3. The molecule has 10 nitrogen and oxygen atoms in total. The van der Waals surface area contributed by atoms with Crippen LogP contribution in [0.2, 0.25) is 0 Å². The van der Waals surface area contributed by atoms with Gasteiger partial charge in [-0.3, -0.25) is 19.4 Å². The third kappa shape index (κ3) is 6.08. The number of likely N-dealkylation sites (N-methyl/N-ethyl adjacent to an activating group) is 1. The van der Waals surface area contributed by atoms with Crippen LogP contribution in [0.4, 0.5) is 0 Å². The zero-order valence-corrected chi connectivity index (χ0v) is 26.0. The number of allylic oxidation sites excluding steroid dienone is 1. The van der Waals surface area contributed by atoms with Gasteiger partial charge in [-0.05, 0) is 76.0 Å². The van der Waals surface area contributed by atoms with Crippen molar-refractivity contribution >= 4 is 24.5 Å². The minimum absolute atomic E-state index is 0.189. The van der Waals surface area contributed by atoms with Gasteiger partial charge in [0.05, 0.1) is 35.9 Å². The summed E-state index contributed by atoms with van der Waals surface area (Å²) in [6.07, 6.45) is 3.75. The van der Waals surface area contributed by atoms with Gasteiger partial charge in [0.2, 0.25) is 12.8 Å². The second-order valence-corrected chi connectivity index (χ2v) is 11.8. The first-order chi connectivity index (χ1) is 21.3. The van der Waals surface area contributed by atoms with Gasteiger partial charge in [-0.1, -0.05) is 36.4 Å². The number of hydrogen-bond acceptors (Lipinski definition) is 8. The molecule has 0 bridgehead atoms. The van der Waals surface area contributed by atoms with Crippen molar-refractivity contribution < 1.29 is 28.6 Å². The van der Waals surface area contributed by atoms with E-state index in [1.807, 2.05) is 62.4 Å². The van der Waals surface area contributed by atoms with Gasteiger partial charge in [-0.2, -0.15) is 0 Å². The second-order valence-electron chi connectivity index (χ2n) is 11.8. The van der Waals surface area contributed by atoms with Crippen LogP contribution in [0.5, 0.6) is 11.5 Å². The van der Waals surface area contributed by atoms with Crippen molar-refractivity contribution in [1.29, 1.82) is 0 Å². The minimum atomic E-state index is -0.641. The van der Waals surface area contributed by atoms with E-state index in [1.165, 1.54) is 7.11 Å². The number of nitrogens with zero attached hydrogens (tertiary/aromatic N) is 4. The molecule has 2 aromatic carbocycles. The van der Waals surface area contributed by atoms with Gasteiger partial charge in [-0.15, -0.1) is 0 Å². The number of ether oxygens (including phenoxy) is 3. The number of piperidine rings is 1. The van der Waals surface area contributed by atoms with E-state index in [-0.39, 0.29) is 17.9 Å². The largest absolute Gasteiger partial charge is 0.486 e. The highest BCUT2D eigenvalue weighted by atomic mass is 16.6. The van der Waals surface area contributed by atoms with Crippen molar-refractivity contribution in [2.45, 2.75) is 50.5 Å². The van der Waals surface area contributed by atoms with E-state index < -0.39 is 5.41 Å². The Bertz CT molecular complexity index is 1420. The fourth-order valence-electron chi connectivity index (χ4n) is 7.00. The summed E-state index contributed by atoms with van der Waals surface area (Å²) in [6.45, 7) is 7.56. The summed E-state index contributed by atoms with van der Waals surface area (Å²) in [4.78, 5) is 48.1. The lowest BCUT2D eigenvalue weighted by Gasteiger charge is -2.41. The normalized spacial score (nSPS) is 21.2. The van der Waals surface area contributed by atoms with Crippen molar-refractivity contribution in [1.82, 2.24) is 14.7 Å². The molecule has 3 aliphatic rings. The number of hydrogen-bond donors (Lipinski definition) is 0. The Balaban J connectivity index is 1.33. The standard InChI is InChI=1S/C34H42N4O6/c1-24-31(36(3)22-39)30(26-11-12-28-29(21-26)44-20-19-43-28)32(25(2)35-24)38(23-40)16-8-15-37-17-13-34(14-18-37,33(41)42-4)27-9-6-5-7-10-27/h5-7,9-12,21-23,30-31H,8,13-20H2,1-4H3. The molecule has 2 aromatic rings. The second kappa shape index (κ2) is 13.6. The quantitative estimate of drug-likeness (QED) is 0.285. The Hall–Kier alpha value is -4.18. The Morgan fingerprint density at radius 3 is 2.41 bits per heavy atom. The number of carbonyl (C=O) groups is 3. The highest BCUT2D eigenvalue weighted by molar-refractivity contribution is 5.92. The van der Waals surface area contributed by atoms with Crippen LogP contribution in [-0.2, 0) is 24.5 Å². The molecule has 0 radical (unpaired) electrons. The number of benzene rings is 2. The van der Waals surface area contributed by atoms with E-state index in [2.05, 4.69) is 4.90 Å². The molecule has 0 spiro atoms. The summed E-state index contributed by atoms with van der Waals surface area (Å²) in [5.74, 6) is 0.817. The fraction of sp³-hybridized carbons (Fsp3) is 0.471. The first-order valence-electron chi connectivity index (χ1n) is 15.2. The monoisotopic (exact) mass is 602 g/mol. The van der Waals surface area contributed by atoms with Crippen LogP contribution in [0.1, 0.15) is 50.2 Å². The number of fused-ring (bicyclic) bond motifs is 1. The lowest BCUT2D eigenvalue weighted by molar-refractivity contribution is -0.149. The average Bonchev–Trinajstić information content (AvgIpc) is 3.06. The molecule has 44 heavy (non-hydrogen) atoms. The molecular weight excluding hydrogens is 560 g/mol. The molecule has 3 heterocycles.